The number of aryl methyl sites for hydroxylation is 1. The summed E-state index contributed by atoms with van der Waals surface area (Å²) in [6, 6.07) is 9.35. The van der Waals surface area contributed by atoms with Crippen LogP contribution >= 0.6 is 0 Å². The van der Waals surface area contributed by atoms with Crippen molar-refractivity contribution in [1.82, 2.24) is 15.3 Å². The summed E-state index contributed by atoms with van der Waals surface area (Å²) in [7, 11) is 0. The summed E-state index contributed by atoms with van der Waals surface area (Å²) >= 11 is 0. The molecule has 0 spiro atoms. The first-order valence-electron chi connectivity index (χ1n) is 9.94. The molecule has 1 aromatic heterocycles. The summed E-state index contributed by atoms with van der Waals surface area (Å²) < 4.78 is 0. The average Bonchev–Trinajstić information content (AvgIpc) is 2.67. The highest BCUT2D eigenvalue weighted by atomic mass is 16.1. The first-order valence-corrected chi connectivity index (χ1v) is 9.94. The minimum Gasteiger partial charge on any atom is -0.399 e. The number of nitrogens with zero attached hydrogens (tertiary/aromatic N) is 4. The number of nitriles is 1. The standard InChI is InChI=1S/C21H27N7O/c1-3-5-17-11-20(28-7-4-6-18(13-28)24-14(2)29)27-21(25-17)26-19-9-15(12-22)8-16(23)10-19/h8-11,18H,3-7,13,23H2,1-2H3,(H,24,29)(H,25,26,27)/t18-/m1/s1. The third-order valence-corrected chi connectivity index (χ3v) is 4.77. The van der Waals surface area contributed by atoms with Crippen LogP contribution in [-0.2, 0) is 11.2 Å². The molecule has 0 saturated carbocycles. The third kappa shape index (κ3) is 5.57. The molecule has 2 aromatic rings. The Hall–Kier alpha value is -3.34. The second-order valence-corrected chi connectivity index (χ2v) is 7.36. The van der Waals surface area contributed by atoms with Gasteiger partial charge in [-0.2, -0.15) is 10.2 Å². The second-order valence-electron chi connectivity index (χ2n) is 7.36. The van der Waals surface area contributed by atoms with E-state index in [9.17, 15) is 4.79 Å². The van der Waals surface area contributed by atoms with Crippen molar-refractivity contribution < 1.29 is 4.79 Å². The van der Waals surface area contributed by atoms with Gasteiger partial charge in [-0.15, -0.1) is 0 Å². The third-order valence-electron chi connectivity index (χ3n) is 4.77. The minimum absolute atomic E-state index is 0.0106. The molecule has 0 unspecified atom stereocenters. The fourth-order valence-corrected chi connectivity index (χ4v) is 3.59. The molecule has 1 fully saturated rings. The van der Waals surface area contributed by atoms with Crippen molar-refractivity contribution in [1.29, 1.82) is 5.26 Å². The number of nitrogens with two attached hydrogens (primary N) is 1. The van der Waals surface area contributed by atoms with E-state index >= 15 is 0 Å². The molecule has 0 bridgehead atoms. The van der Waals surface area contributed by atoms with E-state index in [4.69, 9.17) is 16.0 Å². The molecule has 1 aliphatic rings. The van der Waals surface area contributed by atoms with Gasteiger partial charge in [0.15, 0.2) is 0 Å². The van der Waals surface area contributed by atoms with Gasteiger partial charge in [0, 0.05) is 49.2 Å². The maximum atomic E-state index is 11.4. The molecule has 2 heterocycles. The van der Waals surface area contributed by atoms with E-state index in [2.05, 4.69) is 33.5 Å². The van der Waals surface area contributed by atoms with Crippen molar-refractivity contribution in [2.45, 2.75) is 45.6 Å². The minimum atomic E-state index is -0.0106. The molecule has 3 rings (SSSR count). The largest absolute Gasteiger partial charge is 0.399 e. The van der Waals surface area contributed by atoms with Gasteiger partial charge in [0.2, 0.25) is 11.9 Å². The van der Waals surface area contributed by atoms with Gasteiger partial charge in [0.05, 0.1) is 11.6 Å². The Kier molecular flexibility index (Phi) is 6.50. The lowest BCUT2D eigenvalue weighted by Crippen LogP contribution is -2.47. The van der Waals surface area contributed by atoms with E-state index in [-0.39, 0.29) is 11.9 Å². The molecule has 1 amide bonds. The fourth-order valence-electron chi connectivity index (χ4n) is 3.59. The van der Waals surface area contributed by atoms with Gasteiger partial charge in [-0.25, -0.2) is 4.98 Å². The van der Waals surface area contributed by atoms with E-state index < -0.39 is 0 Å². The Morgan fingerprint density at radius 2 is 2.17 bits per heavy atom. The van der Waals surface area contributed by atoms with Crippen molar-refractivity contribution in [3.63, 3.8) is 0 Å². The second kappa shape index (κ2) is 9.24. The van der Waals surface area contributed by atoms with Crippen molar-refractivity contribution in [3.8, 4) is 6.07 Å². The molecule has 8 heteroatoms. The topological polar surface area (TPSA) is 120 Å². The molecule has 4 N–H and O–H groups in total. The highest BCUT2D eigenvalue weighted by Gasteiger charge is 2.22. The lowest BCUT2D eigenvalue weighted by molar-refractivity contribution is -0.119. The quantitative estimate of drug-likeness (QED) is 0.645. The molecule has 1 saturated heterocycles. The van der Waals surface area contributed by atoms with Crippen LogP contribution in [-0.4, -0.2) is 35.0 Å². The first kappa shape index (κ1) is 20.4. The molecule has 1 aliphatic heterocycles. The van der Waals surface area contributed by atoms with Crippen LogP contribution < -0.4 is 21.3 Å². The lowest BCUT2D eigenvalue weighted by Gasteiger charge is -2.34. The SMILES string of the molecule is CCCc1cc(N2CCC[C@@H](NC(C)=O)C2)nc(Nc2cc(N)cc(C#N)c2)n1. The van der Waals surface area contributed by atoms with E-state index in [0.717, 1.165) is 50.3 Å². The summed E-state index contributed by atoms with van der Waals surface area (Å²) in [6.45, 7) is 5.26. The number of carbonyl (C=O) groups excluding carboxylic acids is 1. The zero-order valence-electron chi connectivity index (χ0n) is 16.9. The van der Waals surface area contributed by atoms with Crippen LogP contribution in [0, 0.1) is 11.3 Å². The molecular formula is C21H27N7O. The Bertz CT molecular complexity index is 922. The van der Waals surface area contributed by atoms with E-state index in [1.54, 1.807) is 25.1 Å². The molecule has 0 aliphatic carbocycles. The van der Waals surface area contributed by atoms with Gasteiger partial charge in [0.25, 0.3) is 0 Å². The molecule has 0 radical (unpaired) electrons. The maximum absolute atomic E-state index is 11.4. The van der Waals surface area contributed by atoms with E-state index in [1.165, 1.54) is 0 Å². The summed E-state index contributed by atoms with van der Waals surface area (Å²) in [5, 5.41) is 15.4. The number of aromatic nitrogens is 2. The van der Waals surface area contributed by atoms with Crippen LogP contribution in [0.3, 0.4) is 0 Å². The van der Waals surface area contributed by atoms with Crippen LogP contribution in [0.1, 0.15) is 44.4 Å². The van der Waals surface area contributed by atoms with Gasteiger partial charge >= 0.3 is 0 Å². The zero-order valence-corrected chi connectivity index (χ0v) is 16.9. The summed E-state index contributed by atoms with van der Waals surface area (Å²) in [4.78, 5) is 22.9. The fraction of sp³-hybridized carbons (Fsp3) is 0.429. The van der Waals surface area contributed by atoms with Crippen molar-refractivity contribution in [2.24, 2.45) is 0 Å². The zero-order chi connectivity index (χ0) is 20.8. The molecule has 1 atom stereocenters. The van der Waals surface area contributed by atoms with Gasteiger partial charge in [-0.1, -0.05) is 13.3 Å². The number of anilines is 4. The van der Waals surface area contributed by atoms with E-state index in [1.807, 2.05) is 6.07 Å². The Labute approximate surface area is 171 Å². The van der Waals surface area contributed by atoms with E-state index in [0.29, 0.717) is 22.9 Å². The molecular weight excluding hydrogens is 366 g/mol. The van der Waals surface area contributed by atoms with Crippen LogP contribution in [0.2, 0.25) is 0 Å². The van der Waals surface area contributed by atoms with Crippen molar-refractivity contribution in [3.05, 3.63) is 35.5 Å². The molecule has 8 nitrogen and oxygen atoms in total. The number of hydrogen-bond acceptors (Lipinski definition) is 7. The number of benzene rings is 1. The van der Waals surface area contributed by atoms with Crippen LogP contribution in [0.15, 0.2) is 24.3 Å². The van der Waals surface area contributed by atoms with Crippen LogP contribution in [0.25, 0.3) is 0 Å². The van der Waals surface area contributed by atoms with Crippen LogP contribution in [0.5, 0.6) is 0 Å². The Balaban J connectivity index is 1.87. The number of carbonyl (C=O) groups is 1. The van der Waals surface area contributed by atoms with Gasteiger partial charge in [-0.3, -0.25) is 4.79 Å². The Morgan fingerprint density at radius 3 is 2.90 bits per heavy atom. The van der Waals surface area contributed by atoms with Gasteiger partial charge < -0.3 is 21.3 Å². The normalized spacial score (nSPS) is 16.2. The first-order chi connectivity index (χ1) is 14.0. The predicted octanol–water partition coefficient (Wildman–Crippen LogP) is 2.73. The maximum Gasteiger partial charge on any atom is 0.229 e. The highest BCUT2D eigenvalue weighted by Crippen LogP contribution is 2.24. The lowest BCUT2D eigenvalue weighted by atomic mass is 10.1. The summed E-state index contributed by atoms with van der Waals surface area (Å²) in [6.07, 6.45) is 3.77. The van der Waals surface area contributed by atoms with Crippen molar-refractivity contribution >= 4 is 29.0 Å². The number of nitrogen functional groups attached to an aromatic ring is 1. The monoisotopic (exact) mass is 393 g/mol. The molecule has 152 valence electrons. The number of hydrogen-bond donors (Lipinski definition) is 3. The smallest absolute Gasteiger partial charge is 0.229 e. The number of amides is 1. The molecule has 1 aromatic carbocycles. The summed E-state index contributed by atoms with van der Waals surface area (Å²) in [5.74, 6) is 1.30. The predicted molar refractivity (Wildman–Crippen MR) is 114 cm³/mol. The molecule has 29 heavy (non-hydrogen) atoms. The van der Waals surface area contributed by atoms with Gasteiger partial charge in [0.1, 0.15) is 5.82 Å². The Morgan fingerprint density at radius 1 is 1.34 bits per heavy atom. The van der Waals surface area contributed by atoms with Gasteiger partial charge in [-0.05, 0) is 37.5 Å². The summed E-state index contributed by atoms with van der Waals surface area (Å²) in [5.41, 5.74) is 8.50. The van der Waals surface area contributed by atoms with Crippen LogP contribution in [0.4, 0.5) is 23.1 Å². The number of nitrogens with one attached hydrogen (secondary N) is 2. The van der Waals surface area contributed by atoms with Crippen molar-refractivity contribution in [2.75, 3.05) is 29.0 Å². The number of rotatable bonds is 6. The average molecular weight is 393 g/mol. The highest BCUT2D eigenvalue weighted by molar-refractivity contribution is 5.73. The number of piperidine rings is 1.